The van der Waals surface area contributed by atoms with Crippen LogP contribution in [-0.4, -0.2) is 25.0 Å². The molecule has 15 heavy (non-hydrogen) atoms. The number of benzene rings is 1. The van der Waals surface area contributed by atoms with Gasteiger partial charge in [0, 0.05) is 19.0 Å². The Morgan fingerprint density at radius 1 is 1.40 bits per heavy atom. The predicted octanol–water partition coefficient (Wildman–Crippen LogP) is 3.14. The smallest absolute Gasteiger partial charge is 0.142 e. The van der Waals surface area contributed by atoms with E-state index in [2.05, 4.69) is 18.9 Å². The molecular weight excluding hydrogens is 213 g/mol. The lowest BCUT2D eigenvalue weighted by molar-refractivity contribution is 0.401. The lowest BCUT2D eigenvalue weighted by Crippen LogP contribution is -2.13. The SMILES string of the molecule is C[C@H]1CN(C)C[C@@H]1c1cccc(F)c1Cl. The summed E-state index contributed by atoms with van der Waals surface area (Å²) in [6.07, 6.45) is 0. The van der Waals surface area contributed by atoms with Crippen molar-refractivity contribution in [2.75, 3.05) is 20.1 Å². The highest BCUT2D eigenvalue weighted by molar-refractivity contribution is 6.31. The van der Waals surface area contributed by atoms with Gasteiger partial charge in [0.05, 0.1) is 5.02 Å². The molecule has 82 valence electrons. The fourth-order valence-corrected chi connectivity index (χ4v) is 2.69. The van der Waals surface area contributed by atoms with Gasteiger partial charge in [-0.1, -0.05) is 30.7 Å². The van der Waals surface area contributed by atoms with E-state index >= 15 is 0 Å². The molecule has 0 amide bonds. The Kier molecular flexibility index (Phi) is 2.98. The highest BCUT2D eigenvalue weighted by Gasteiger charge is 2.30. The van der Waals surface area contributed by atoms with Gasteiger partial charge in [-0.3, -0.25) is 0 Å². The lowest BCUT2D eigenvalue weighted by atomic mass is 9.90. The second kappa shape index (κ2) is 4.11. The minimum atomic E-state index is -0.309. The summed E-state index contributed by atoms with van der Waals surface area (Å²) < 4.78 is 13.3. The van der Waals surface area contributed by atoms with Crippen LogP contribution in [0.15, 0.2) is 18.2 Å². The van der Waals surface area contributed by atoms with E-state index in [0.717, 1.165) is 18.7 Å². The van der Waals surface area contributed by atoms with Gasteiger partial charge in [-0.05, 0) is 24.6 Å². The molecule has 0 radical (unpaired) electrons. The van der Waals surface area contributed by atoms with E-state index in [1.165, 1.54) is 6.07 Å². The van der Waals surface area contributed by atoms with Gasteiger partial charge in [-0.25, -0.2) is 4.39 Å². The van der Waals surface area contributed by atoms with Crippen molar-refractivity contribution in [1.82, 2.24) is 4.90 Å². The fraction of sp³-hybridized carbons (Fsp3) is 0.500. The Morgan fingerprint density at radius 3 is 2.73 bits per heavy atom. The van der Waals surface area contributed by atoms with Crippen molar-refractivity contribution in [2.24, 2.45) is 5.92 Å². The number of hydrogen-bond donors (Lipinski definition) is 0. The molecule has 1 aliphatic heterocycles. The minimum absolute atomic E-state index is 0.296. The topological polar surface area (TPSA) is 3.24 Å². The fourth-order valence-electron chi connectivity index (χ4n) is 2.42. The van der Waals surface area contributed by atoms with E-state index in [1.807, 2.05) is 6.07 Å². The first-order valence-corrected chi connectivity index (χ1v) is 5.60. The van der Waals surface area contributed by atoms with Crippen LogP contribution in [0.4, 0.5) is 4.39 Å². The molecule has 1 aromatic rings. The molecule has 0 aliphatic carbocycles. The summed E-state index contributed by atoms with van der Waals surface area (Å²) in [7, 11) is 2.09. The summed E-state index contributed by atoms with van der Waals surface area (Å²) in [5.41, 5.74) is 0.952. The van der Waals surface area contributed by atoms with Crippen molar-refractivity contribution in [3.63, 3.8) is 0 Å². The average Bonchev–Trinajstić information content (AvgIpc) is 2.50. The molecule has 0 N–H and O–H groups in total. The molecule has 0 unspecified atom stereocenters. The highest BCUT2D eigenvalue weighted by Crippen LogP contribution is 2.36. The average molecular weight is 228 g/mol. The quantitative estimate of drug-likeness (QED) is 0.713. The van der Waals surface area contributed by atoms with Crippen LogP contribution in [-0.2, 0) is 0 Å². The van der Waals surface area contributed by atoms with Crippen molar-refractivity contribution in [2.45, 2.75) is 12.8 Å². The summed E-state index contributed by atoms with van der Waals surface area (Å²) in [6, 6.07) is 5.09. The molecule has 0 spiro atoms. The van der Waals surface area contributed by atoms with E-state index in [1.54, 1.807) is 6.07 Å². The zero-order valence-corrected chi connectivity index (χ0v) is 9.76. The van der Waals surface area contributed by atoms with Gasteiger partial charge in [0.25, 0.3) is 0 Å². The second-order valence-corrected chi connectivity index (χ2v) is 4.83. The Morgan fingerprint density at radius 2 is 2.13 bits per heavy atom. The van der Waals surface area contributed by atoms with Crippen molar-refractivity contribution < 1.29 is 4.39 Å². The first kappa shape index (κ1) is 10.9. The third kappa shape index (κ3) is 2.01. The molecular formula is C12H15ClFN. The second-order valence-electron chi connectivity index (χ2n) is 4.45. The number of hydrogen-bond acceptors (Lipinski definition) is 1. The van der Waals surface area contributed by atoms with Crippen LogP contribution >= 0.6 is 11.6 Å². The first-order chi connectivity index (χ1) is 7.09. The Bertz CT molecular complexity index is 367. The van der Waals surface area contributed by atoms with Crippen LogP contribution in [0.5, 0.6) is 0 Å². The maximum absolute atomic E-state index is 13.3. The monoisotopic (exact) mass is 227 g/mol. The van der Waals surface area contributed by atoms with E-state index < -0.39 is 0 Å². The van der Waals surface area contributed by atoms with Gasteiger partial charge < -0.3 is 4.90 Å². The zero-order chi connectivity index (χ0) is 11.0. The molecule has 2 atom stereocenters. The van der Waals surface area contributed by atoms with Gasteiger partial charge in [0.2, 0.25) is 0 Å². The third-order valence-electron chi connectivity index (χ3n) is 3.18. The molecule has 0 saturated carbocycles. The van der Waals surface area contributed by atoms with E-state index in [9.17, 15) is 4.39 Å². The number of halogens is 2. The van der Waals surface area contributed by atoms with Crippen molar-refractivity contribution in [1.29, 1.82) is 0 Å². The first-order valence-electron chi connectivity index (χ1n) is 5.22. The van der Waals surface area contributed by atoms with Gasteiger partial charge in [-0.15, -0.1) is 0 Å². The lowest BCUT2D eigenvalue weighted by Gasteiger charge is -2.16. The Hall–Kier alpha value is -0.600. The molecule has 1 heterocycles. The molecule has 1 aliphatic rings. The van der Waals surface area contributed by atoms with Crippen LogP contribution in [0.25, 0.3) is 0 Å². The Balaban J connectivity index is 2.33. The molecule has 1 nitrogen and oxygen atoms in total. The standard InChI is InChI=1S/C12H15ClFN/c1-8-6-15(2)7-10(8)9-4-3-5-11(14)12(9)13/h3-5,8,10H,6-7H2,1-2H3/t8-,10-/m0/s1. The summed E-state index contributed by atoms with van der Waals surface area (Å²) in [5.74, 6) is 0.586. The number of likely N-dealkylation sites (N-methyl/N-ethyl adjacent to an activating group) is 1. The van der Waals surface area contributed by atoms with Crippen LogP contribution in [0.1, 0.15) is 18.4 Å². The largest absolute Gasteiger partial charge is 0.305 e. The van der Waals surface area contributed by atoms with Gasteiger partial charge in [0.1, 0.15) is 5.82 Å². The van der Waals surface area contributed by atoms with Crippen molar-refractivity contribution in [3.05, 3.63) is 34.6 Å². The summed E-state index contributed by atoms with van der Waals surface area (Å²) in [4.78, 5) is 2.26. The molecule has 1 saturated heterocycles. The molecule has 1 aromatic carbocycles. The summed E-state index contributed by atoms with van der Waals surface area (Å²) in [6.45, 7) is 4.21. The van der Waals surface area contributed by atoms with Crippen LogP contribution in [0.3, 0.4) is 0 Å². The zero-order valence-electron chi connectivity index (χ0n) is 9.00. The molecule has 0 bridgehead atoms. The van der Waals surface area contributed by atoms with Gasteiger partial charge in [-0.2, -0.15) is 0 Å². The Labute approximate surface area is 94.8 Å². The normalized spacial score (nSPS) is 27.2. The predicted molar refractivity (Wildman–Crippen MR) is 60.8 cm³/mol. The van der Waals surface area contributed by atoms with Crippen LogP contribution in [0.2, 0.25) is 5.02 Å². The van der Waals surface area contributed by atoms with Gasteiger partial charge in [0.15, 0.2) is 0 Å². The maximum atomic E-state index is 13.3. The van der Waals surface area contributed by atoms with Crippen molar-refractivity contribution in [3.8, 4) is 0 Å². The maximum Gasteiger partial charge on any atom is 0.142 e. The third-order valence-corrected chi connectivity index (χ3v) is 3.57. The summed E-state index contributed by atoms with van der Waals surface area (Å²) >= 11 is 5.99. The molecule has 1 fully saturated rings. The van der Waals surface area contributed by atoms with E-state index in [0.29, 0.717) is 16.9 Å². The van der Waals surface area contributed by atoms with E-state index in [-0.39, 0.29) is 5.82 Å². The van der Waals surface area contributed by atoms with Crippen LogP contribution < -0.4 is 0 Å². The van der Waals surface area contributed by atoms with Crippen LogP contribution in [0, 0.1) is 11.7 Å². The minimum Gasteiger partial charge on any atom is -0.305 e. The molecule has 0 aromatic heterocycles. The number of nitrogens with zero attached hydrogens (tertiary/aromatic N) is 1. The van der Waals surface area contributed by atoms with Crippen molar-refractivity contribution >= 4 is 11.6 Å². The molecule has 3 heteroatoms. The molecule has 2 rings (SSSR count). The number of rotatable bonds is 1. The van der Waals surface area contributed by atoms with Gasteiger partial charge >= 0.3 is 0 Å². The van der Waals surface area contributed by atoms with E-state index in [4.69, 9.17) is 11.6 Å². The highest BCUT2D eigenvalue weighted by atomic mass is 35.5. The number of likely N-dealkylation sites (tertiary alicyclic amines) is 1. The summed E-state index contributed by atoms with van der Waals surface area (Å²) in [5, 5.41) is 0.296.